The van der Waals surface area contributed by atoms with Crippen LogP contribution in [0.1, 0.15) is 28.7 Å². The summed E-state index contributed by atoms with van der Waals surface area (Å²) in [5.74, 6) is -0.268. The Hall–Kier alpha value is -2.69. The van der Waals surface area contributed by atoms with E-state index in [1.165, 1.54) is 0 Å². The quantitative estimate of drug-likeness (QED) is 0.779. The molecule has 0 radical (unpaired) electrons. The number of carbonyl (C=O) groups is 1. The molecule has 2 rings (SSSR count). The van der Waals surface area contributed by atoms with Gasteiger partial charge >= 0.3 is 0 Å². The molecule has 6 nitrogen and oxygen atoms in total. The molecule has 0 aromatic heterocycles. The number of nitriles is 1. The number of rotatable bonds is 7. The van der Waals surface area contributed by atoms with Gasteiger partial charge in [-0.15, -0.1) is 0 Å². The summed E-state index contributed by atoms with van der Waals surface area (Å²) in [6, 6.07) is 14.1. The van der Waals surface area contributed by atoms with Gasteiger partial charge in [0.2, 0.25) is 15.9 Å². The van der Waals surface area contributed by atoms with Gasteiger partial charge in [0.15, 0.2) is 0 Å². The van der Waals surface area contributed by atoms with Gasteiger partial charge in [0.25, 0.3) is 0 Å². The summed E-state index contributed by atoms with van der Waals surface area (Å²) in [6.07, 6.45) is 0.0298. The van der Waals surface area contributed by atoms with Crippen molar-refractivity contribution in [3.63, 3.8) is 0 Å². The summed E-state index contributed by atoms with van der Waals surface area (Å²) in [5, 5.41) is 11.6. The molecular weight excluding hydrogens is 350 g/mol. The Bertz CT molecular complexity index is 947. The summed E-state index contributed by atoms with van der Waals surface area (Å²) in [7, 11) is -3.65. The highest BCUT2D eigenvalue weighted by molar-refractivity contribution is 7.89. The van der Waals surface area contributed by atoms with Gasteiger partial charge in [-0.1, -0.05) is 29.8 Å². The molecule has 2 aromatic rings. The number of aryl methyl sites for hydroxylation is 2. The molecule has 0 heterocycles. The Morgan fingerprint density at radius 1 is 1.15 bits per heavy atom. The molecule has 136 valence electrons. The summed E-state index contributed by atoms with van der Waals surface area (Å²) in [4.78, 5) is 12.1. The highest BCUT2D eigenvalue weighted by atomic mass is 32.2. The molecule has 0 fully saturated rings. The van der Waals surface area contributed by atoms with Crippen molar-refractivity contribution in [3.8, 4) is 6.07 Å². The van der Waals surface area contributed by atoms with Crippen LogP contribution in [-0.2, 0) is 21.4 Å². The van der Waals surface area contributed by atoms with Crippen LogP contribution in [-0.4, -0.2) is 20.9 Å². The standard InChI is InChI=1S/C19H21N3O3S/c1-14-6-7-18(15(2)10-14)26(24,25)22-9-8-19(23)21-13-17-5-3-4-16(11-17)12-20/h3-7,10-11,22H,8-9,13H2,1-2H3,(H,21,23). The average molecular weight is 371 g/mol. The predicted octanol–water partition coefficient (Wildman–Crippen LogP) is 2.16. The molecule has 0 saturated carbocycles. The number of amides is 1. The van der Waals surface area contributed by atoms with E-state index in [1.54, 1.807) is 43.3 Å². The molecule has 0 unspecified atom stereocenters. The SMILES string of the molecule is Cc1ccc(S(=O)(=O)NCCC(=O)NCc2cccc(C#N)c2)c(C)c1. The maximum Gasteiger partial charge on any atom is 0.240 e. The number of carbonyl (C=O) groups excluding carboxylic acids is 1. The molecule has 0 aliphatic heterocycles. The Labute approximate surface area is 153 Å². The van der Waals surface area contributed by atoms with Gasteiger partial charge in [0.05, 0.1) is 16.5 Å². The van der Waals surface area contributed by atoms with Crippen LogP contribution in [0.25, 0.3) is 0 Å². The number of benzene rings is 2. The van der Waals surface area contributed by atoms with Gasteiger partial charge in [-0.05, 0) is 43.2 Å². The number of hydrogen-bond donors (Lipinski definition) is 2. The number of nitrogens with one attached hydrogen (secondary N) is 2. The van der Waals surface area contributed by atoms with E-state index in [-0.39, 0.29) is 30.3 Å². The maximum absolute atomic E-state index is 12.3. The van der Waals surface area contributed by atoms with E-state index in [1.807, 2.05) is 19.1 Å². The van der Waals surface area contributed by atoms with E-state index in [4.69, 9.17) is 5.26 Å². The van der Waals surface area contributed by atoms with Crippen LogP contribution >= 0.6 is 0 Å². The van der Waals surface area contributed by atoms with Crippen molar-refractivity contribution >= 4 is 15.9 Å². The molecule has 26 heavy (non-hydrogen) atoms. The Morgan fingerprint density at radius 3 is 2.62 bits per heavy atom. The minimum atomic E-state index is -3.65. The molecular formula is C19H21N3O3S. The second kappa shape index (κ2) is 8.61. The lowest BCUT2D eigenvalue weighted by Crippen LogP contribution is -2.30. The van der Waals surface area contributed by atoms with Crippen molar-refractivity contribution in [2.24, 2.45) is 0 Å². The first-order valence-corrected chi connectivity index (χ1v) is 9.63. The van der Waals surface area contributed by atoms with Crippen LogP contribution in [0.15, 0.2) is 47.4 Å². The fraction of sp³-hybridized carbons (Fsp3) is 0.263. The molecule has 2 N–H and O–H groups in total. The molecule has 0 saturated heterocycles. The van der Waals surface area contributed by atoms with Crippen molar-refractivity contribution in [1.29, 1.82) is 5.26 Å². The van der Waals surface area contributed by atoms with E-state index in [0.29, 0.717) is 11.1 Å². The number of hydrogen-bond acceptors (Lipinski definition) is 4. The van der Waals surface area contributed by atoms with Crippen molar-refractivity contribution < 1.29 is 13.2 Å². The maximum atomic E-state index is 12.3. The first kappa shape index (κ1) is 19.6. The number of nitrogens with zero attached hydrogens (tertiary/aromatic N) is 1. The van der Waals surface area contributed by atoms with Crippen molar-refractivity contribution in [2.45, 2.75) is 31.7 Å². The summed E-state index contributed by atoms with van der Waals surface area (Å²) < 4.78 is 27.1. The van der Waals surface area contributed by atoms with Gasteiger partial charge in [0.1, 0.15) is 0 Å². The highest BCUT2D eigenvalue weighted by Gasteiger charge is 2.16. The van der Waals surface area contributed by atoms with Crippen LogP contribution in [0.2, 0.25) is 0 Å². The lowest BCUT2D eigenvalue weighted by molar-refractivity contribution is -0.121. The first-order valence-electron chi connectivity index (χ1n) is 8.14. The van der Waals surface area contributed by atoms with E-state index >= 15 is 0 Å². The van der Waals surface area contributed by atoms with Gasteiger partial charge in [-0.3, -0.25) is 4.79 Å². The normalized spacial score (nSPS) is 11.0. The third-order valence-electron chi connectivity index (χ3n) is 3.81. The third kappa shape index (κ3) is 5.41. The third-order valence-corrected chi connectivity index (χ3v) is 5.43. The molecule has 0 aliphatic rings. The van der Waals surface area contributed by atoms with Gasteiger partial charge in [0, 0.05) is 19.5 Å². The molecule has 1 amide bonds. The topological polar surface area (TPSA) is 99.1 Å². The fourth-order valence-corrected chi connectivity index (χ4v) is 3.77. The molecule has 7 heteroatoms. The zero-order valence-corrected chi connectivity index (χ0v) is 15.6. The predicted molar refractivity (Wildman–Crippen MR) is 98.7 cm³/mol. The van der Waals surface area contributed by atoms with Crippen molar-refractivity contribution in [2.75, 3.05) is 6.54 Å². The monoisotopic (exact) mass is 371 g/mol. The Balaban J connectivity index is 1.84. The lowest BCUT2D eigenvalue weighted by atomic mass is 10.1. The molecule has 0 spiro atoms. The van der Waals surface area contributed by atoms with E-state index in [2.05, 4.69) is 10.0 Å². The summed E-state index contributed by atoms with van der Waals surface area (Å²) >= 11 is 0. The zero-order chi connectivity index (χ0) is 19.2. The first-order chi connectivity index (χ1) is 12.3. The van der Waals surface area contributed by atoms with Crippen LogP contribution in [0.3, 0.4) is 0 Å². The molecule has 0 aliphatic carbocycles. The summed E-state index contributed by atoms with van der Waals surface area (Å²) in [6.45, 7) is 3.94. The Kier molecular flexibility index (Phi) is 6.50. The van der Waals surface area contributed by atoms with Crippen LogP contribution in [0, 0.1) is 25.2 Å². The van der Waals surface area contributed by atoms with Gasteiger partial charge in [-0.25, -0.2) is 13.1 Å². The van der Waals surface area contributed by atoms with Crippen LogP contribution in [0.5, 0.6) is 0 Å². The van der Waals surface area contributed by atoms with E-state index in [0.717, 1.165) is 11.1 Å². The minimum absolute atomic E-state index is 0.0136. The van der Waals surface area contributed by atoms with Gasteiger partial charge < -0.3 is 5.32 Å². The molecule has 2 aromatic carbocycles. The molecule has 0 bridgehead atoms. The smallest absolute Gasteiger partial charge is 0.240 e. The average Bonchev–Trinajstić information content (AvgIpc) is 2.59. The minimum Gasteiger partial charge on any atom is -0.352 e. The number of sulfonamides is 1. The van der Waals surface area contributed by atoms with Crippen LogP contribution in [0.4, 0.5) is 0 Å². The second-order valence-corrected chi connectivity index (χ2v) is 7.74. The van der Waals surface area contributed by atoms with E-state index < -0.39 is 10.0 Å². The van der Waals surface area contributed by atoms with Crippen molar-refractivity contribution in [3.05, 3.63) is 64.7 Å². The largest absolute Gasteiger partial charge is 0.352 e. The highest BCUT2D eigenvalue weighted by Crippen LogP contribution is 2.16. The summed E-state index contributed by atoms with van der Waals surface area (Å²) in [5.41, 5.74) is 2.99. The van der Waals surface area contributed by atoms with Crippen LogP contribution < -0.4 is 10.0 Å². The second-order valence-electron chi connectivity index (χ2n) is 6.01. The van der Waals surface area contributed by atoms with Crippen molar-refractivity contribution in [1.82, 2.24) is 10.0 Å². The molecule has 0 atom stereocenters. The fourth-order valence-electron chi connectivity index (χ4n) is 2.52. The Morgan fingerprint density at radius 2 is 1.92 bits per heavy atom. The van der Waals surface area contributed by atoms with Gasteiger partial charge in [-0.2, -0.15) is 5.26 Å². The lowest BCUT2D eigenvalue weighted by Gasteiger charge is -2.10. The van der Waals surface area contributed by atoms with E-state index in [9.17, 15) is 13.2 Å². The zero-order valence-electron chi connectivity index (χ0n) is 14.7.